The summed E-state index contributed by atoms with van der Waals surface area (Å²) in [6, 6.07) is 9.68. The summed E-state index contributed by atoms with van der Waals surface area (Å²) >= 11 is 1.59. The molecule has 0 bridgehead atoms. The molecule has 0 amide bonds. The molecule has 138 valence electrons. The number of aromatic nitrogens is 3. The van der Waals surface area contributed by atoms with Gasteiger partial charge in [0.2, 0.25) is 0 Å². The quantitative estimate of drug-likeness (QED) is 0.671. The highest BCUT2D eigenvalue weighted by Crippen LogP contribution is 2.17. The molecular weight excluding hydrogens is 344 g/mol. The molecule has 0 aliphatic carbocycles. The van der Waals surface area contributed by atoms with E-state index in [0.29, 0.717) is 11.6 Å². The fourth-order valence-corrected chi connectivity index (χ4v) is 3.85. The zero-order chi connectivity index (χ0) is 18.8. The Kier molecular flexibility index (Phi) is 5.32. The van der Waals surface area contributed by atoms with Gasteiger partial charge in [-0.15, -0.1) is 11.3 Å². The molecular formula is C20H26N4OS. The number of nitrogens with zero attached hydrogens (tertiary/aromatic N) is 4. The Morgan fingerprint density at radius 3 is 2.50 bits per heavy atom. The number of rotatable bonds is 5. The second-order valence-corrected chi connectivity index (χ2v) is 7.85. The highest BCUT2D eigenvalue weighted by molar-refractivity contribution is 7.07. The van der Waals surface area contributed by atoms with Gasteiger partial charge in [-0.1, -0.05) is 32.0 Å². The Morgan fingerprint density at radius 2 is 1.85 bits per heavy atom. The highest BCUT2D eigenvalue weighted by atomic mass is 32.1. The van der Waals surface area contributed by atoms with E-state index in [4.69, 9.17) is 4.99 Å². The van der Waals surface area contributed by atoms with E-state index in [9.17, 15) is 4.79 Å². The van der Waals surface area contributed by atoms with Crippen LogP contribution in [0.25, 0.3) is 5.69 Å². The maximum absolute atomic E-state index is 13.0. The first-order chi connectivity index (χ1) is 12.4. The molecule has 26 heavy (non-hydrogen) atoms. The fraction of sp³-hybridized carbons (Fsp3) is 0.400. The van der Waals surface area contributed by atoms with Gasteiger partial charge in [0.15, 0.2) is 10.5 Å². The number of hydrogen-bond acceptors (Lipinski definition) is 3. The van der Waals surface area contributed by atoms with Gasteiger partial charge in [0.25, 0.3) is 5.56 Å². The lowest BCUT2D eigenvalue weighted by atomic mass is 10.1. The molecule has 0 atom stereocenters. The number of para-hydroxylation sites is 1. The zero-order valence-electron chi connectivity index (χ0n) is 16.1. The van der Waals surface area contributed by atoms with Crippen LogP contribution >= 0.6 is 11.3 Å². The molecule has 1 aromatic carbocycles. The van der Waals surface area contributed by atoms with Crippen LogP contribution in [0.15, 0.2) is 45.5 Å². The smallest absolute Gasteiger partial charge is 0.297 e. The van der Waals surface area contributed by atoms with E-state index in [-0.39, 0.29) is 5.56 Å². The van der Waals surface area contributed by atoms with Crippen LogP contribution in [0.5, 0.6) is 0 Å². The summed E-state index contributed by atoms with van der Waals surface area (Å²) in [6.45, 7) is 9.40. The van der Waals surface area contributed by atoms with Crippen LogP contribution in [0.4, 0.5) is 5.69 Å². The first-order valence-electron chi connectivity index (χ1n) is 8.93. The van der Waals surface area contributed by atoms with E-state index in [2.05, 4.69) is 30.7 Å². The van der Waals surface area contributed by atoms with E-state index in [1.807, 2.05) is 49.0 Å². The van der Waals surface area contributed by atoms with Crippen molar-refractivity contribution < 1.29 is 0 Å². The second-order valence-electron chi connectivity index (χ2n) is 7.02. The Bertz CT molecular complexity index is 1020. The van der Waals surface area contributed by atoms with Gasteiger partial charge in [0.1, 0.15) is 0 Å². The van der Waals surface area contributed by atoms with Crippen LogP contribution in [0, 0.1) is 19.8 Å². The van der Waals surface area contributed by atoms with Crippen molar-refractivity contribution in [2.45, 2.75) is 40.7 Å². The largest absolute Gasteiger partial charge is 0.321 e. The lowest BCUT2D eigenvalue weighted by molar-refractivity contribution is 0.504. The molecule has 0 saturated carbocycles. The summed E-state index contributed by atoms with van der Waals surface area (Å²) < 4.78 is 5.76. The van der Waals surface area contributed by atoms with E-state index in [0.717, 1.165) is 29.1 Å². The third-order valence-electron chi connectivity index (χ3n) is 4.65. The maximum Gasteiger partial charge on any atom is 0.297 e. The van der Waals surface area contributed by atoms with Gasteiger partial charge in [-0.2, -0.15) is 0 Å². The summed E-state index contributed by atoms with van der Waals surface area (Å²) in [4.78, 5) is 18.7. The van der Waals surface area contributed by atoms with Crippen molar-refractivity contribution in [2.75, 3.05) is 0 Å². The second kappa shape index (κ2) is 7.50. The zero-order valence-corrected chi connectivity index (χ0v) is 16.9. The normalized spacial score (nSPS) is 12.3. The van der Waals surface area contributed by atoms with E-state index in [1.165, 1.54) is 5.69 Å². The fourth-order valence-electron chi connectivity index (χ4n) is 2.94. The van der Waals surface area contributed by atoms with Crippen molar-refractivity contribution in [2.24, 2.45) is 18.0 Å². The van der Waals surface area contributed by atoms with Gasteiger partial charge in [0, 0.05) is 24.7 Å². The molecule has 3 rings (SSSR count). The molecule has 2 aromatic heterocycles. The lowest BCUT2D eigenvalue weighted by Gasteiger charge is -2.08. The Labute approximate surface area is 157 Å². The topological polar surface area (TPSA) is 44.2 Å². The van der Waals surface area contributed by atoms with Crippen molar-refractivity contribution in [3.63, 3.8) is 0 Å². The van der Waals surface area contributed by atoms with Crippen molar-refractivity contribution in [1.29, 1.82) is 0 Å². The lowest BCUT2D eigenvalue weighted by Crippen LogP contribution is -2.20. The predicted molar refractivity (Wildman–Crippen MR) is 107 cm³/mol. The first kappa shape index (κ1) is 18.5. The van der Waals surface area contributed by atoms with Gasteiger partial charge in [-0.3, -0.25) is 9.48 Å². The molecule has 0 aliphatic rings. The van der Waals surface area contributed by atoms with Crippen molar-refractivity contribution >= 4 is 17.0 Å². The van der Waals surface area contributed by atoms with Gasteiger partial charge < -0.3 is 4.57 Å². The molecule has 6 heteroatoms. The minimum atomic E-state index is -0.0855. The molecule has 0 spiro atoms. The van der Waals surface area contributed by atoms with Gasteiger partial charge in [-0.05, 0) is 38.3 Å². The van der Waals surface area contributed by atoms with Crippen molar-refractivity contribution in [3.05, 3.63) is 62.3 Å². The summed E-state index contributed by atoms with van der Waals surface area (Å²) in [7, 11) is 1.90. The average molecular weight is 371 g/mol. The minimum Gasteiger partial charge on any atom is -0.321 e. The number of hydrogen-bond donors (Lipinski definition) is 0. The molecule has 0 saturated heterocycles. The Hall–Kier alpha value is -2.34. The number of thiazole rings is 1. The molecule has 3 aromatic rings. The maximum atomic E-state index is 13.0. The predicted octanol–water partition coefficient (Wildman–Crippen LogP) is 3.93. The van der Waals surface area contributed by atoms with E-state index in [1.54, 1.807) is 16.0 Å². The summed E-state index contributed by atoms with van der Waals surface area (Å²) in [5.74, 6) is 0.628. The van der Waals surface area contributed by atoms with Crippen LogP contribution in [-0.2, 0) is 13.6 Å². The van der Waals surface area contributed by atoms with E-state index < -0.39 is 0 Å². The molecule has 0 fully saturated rings. The Morgan fingerprint density at radius 1 is 1.15 bits per heavy atom. The van der Waals surface area contributed by atoms with Gasteiger partial charge >= 0.3 is 0 Å². The third-order valence-corrected chi connectivity index (χ3v) is 5.63. The van der Waals surface area contributed by atoms with Crippen molar-refractivity contribution in [3.8, 4) is 5.69 Å². The number of benzene rings is 1. The highest BCUT2D eigenvalue weighted by Gasteiger charge is 2.16. The van der Waals surface area contributed by atoms with Crippen LogP contribution in [0.3, 0.4) is 0 Å². The van der Waals surface area contributed by atoms with E-state index >= 15 is 0 Å². The van der Waals surface area contributed by atoms with Crippen molar-refractivity contribution in [1.82, 2.24) is 13.9 Å². The molecule has 0 aliphatic heterocycles. The number of aryl methyl sites for hydroxylation is 1. The molecule has 0 unspecified atom stereocenters. The average Bonchev–Trinajstić information content (AvgIpc) is 3.06. The van der Waals surface area contributed by atoms with Gasteiger partial charge in [-0.25, -0.2) is 9.67 Å². The van der Waals surface area contributed by atoms with Crippen LogP contribution in [0.1, 0.15) is 31.7 Å². The van der Waals surface area contributed by atoms with Crippen LogP contribution in [0.2, 0.25) is 0 Å². The summed E-state index contributed by atoms with van der Waals surface area (Å²) in [5.41, 5.74) is 3.32. The SMILES string of the molecule is Cc1csc(=Nc2c(C)n(C)n(-c3ccccc3)c2=O)n1CCC(C)C. The van der Waals surface area contributed by atoms with Crippen LogP contribution in [-0.4, -0.2) is 13.9 Å². The molecule has 0 radical (unpaired) electrons. The van der Waals surface area contributed by atoms with Gasteiger partial charge in [0.05, 0.1) is 11.4 Å². The Balaban J connectivity index is 2.13. The molecule has 0 N–H and O–H groups in total. The monoisotopic (exact) mass is 370 g/mol. The molecule has 5 nitrogen and oxygen atoms in total. The third kappa shape index (κ3) is 3.46. The summed E-state index contributed by atoms with van der Waals surface area (Å²) in [5, 5.41) is 2.10. The van der Waals surface area contributed by atoms with Crippen LogP contribution < -0.4 is 10.4 Å². The summed E-state index contributed by atoms with van der Waals surface area (Å²) in [6.07, 6.45) is 1.09. The molecule has 2 heterocycles. The first-order valence-corrected chi connectivity index (χ1v) is 9.81. The minimum absolute atomic E-state index is 0.0855. The standard InChI is InChI=1S/C20H26N4OS/c1-14(2)11-12-23-15(3)13-26-20(23)21-18-16(4)22(5)24(19(18)25)17-9-7-6-8-10-17/h6-10,13-14H,11-12H2,1-5H3.